The molecule has 1 saturated heterocycles. The van der Waals surface area contributed by atoms with Gasteiger partial charge in [0.2, 0.25) is 0 Å². The molecule has 0 aliphatic carbocycles. The molecule has 17 heavy (non-hydrogen) atoms. The SMILES string of the molecule is COC(=O)C1CCCN1CCc1ccnn1C. The van der Waals surface area contributed by atoms with Crippen molar-refractivity contribution in [3.05, 3.63) is 18.0 Å². The number of rotatable bonds is 4. The van der Waals surface area contributed by atoms with Crippen LogP contribution in [0, 0.1) is 0 Å². The molecule has 1 aromatic rings. The Hall–Kier alpha value is -1.36. The molecule has 5 heteroatoms. The molecule has 0 spiro atoms. The first kappa shape index (κ1) is 12.1. The molecule has 5 nitrogen and oxygen atoms in total. The van der Waals surface area contributed by atoms with E-state index < -0.39 is 0 Å². The topological polar surface area (TPSA) is 47.4 Å². The monoisotopic (exact) mass is 237 g/mol. The standard InChI is InChI=1S/C12H19N3O2/c1-14-10(5-7-13-14)6-9-15-8-3-4-11(15)12(16)17-2/h5,7,11H,3-4,6,8-9H2,1-2H3. The fraction of sp³-hybridized carbons (Fsp3) is 0.667. The number of aryl methyl sites for hydroxylation is 1. The van der Waals surface area contributed by atoms with E-state index in [1.54, 1.807) is 6.20 Å². The molecule has 1 fully saturated rings. The van der Waals surface area contributed by atoms with Crippen LogP contribution in [0.5, 0.6) is 0 Å². The first-order valence-electron chi connectivity index (χ1n) is 6.01. The van der Waals surface area contributed by atoms with Crippen LogP contribution in [0.1, 0.15) is 18.5 Å². The zero-order valence-electron chi connectivity index (χ0n) is 10.4. The van der Waals surface area contributed by atoms with Gasteiger partial charge in [0.1, 0.15) is 6.04 Å². The number of carbonyl (C=O) groups is 1. The maximum Gasteiger partial charge on any atom is 0.323 e. The molecular formula is C12H19N3O2. The number of ether oxygens (including phenoxy) is 1. The van der Waals surface area contributed by atoms with Crippen LogP contribution in [0.25, 0.3) is 0 Å². The van der Waals surface area contributed by atoms with Crippen molar-refractivity contribution >= 4 is 5.97 Å². The van der Waals surface area contributed by atoms with Gasteiger partial charge in [0.05, 0.1) is 7.11 Å². The van der Waals surface area contributed by atoms with Crippen molar-refractivity contribution in [2.75, 3.05) is 20.2 Å². The van der Waals surface area contributed by atoms with Gasteiger partial charge in [-0.15, -0.1) is 0 Å². The Morgan fingerprint density at radius 3 is 3.12 bits per heavy atom. The third-order valence-electron chi connectivity index (χ3n) is 3.41. The summed E-state index contributed by atoms with van der Waals surface area (Å²) in [5, 5.41) is 4.14. The van der Waals surface area contributed by atoms with Crippen molar-refractivity contribution in [2.45, 2.75) is 25.3 Å². The zero-order valence-corrected chi connectivity index (χ0v) is 10.4. The second kappa shape index (κ2) is 5.31. The molecule has 1 unspecified atom stereocenters. The van der Waals surface area contributed by atoms with Gasteiger partial charge in [-0.05, 0) is 25.5 Å². The van der Waals surface area contributed by atoms with E-state index >= 15 is 0 Å². The lowest BCUT2D eigenvalue weighted by atomic mass is 10.2. The molecule has 0 bridgehead atoms. The van der Waals surface area contributed by atoms with E-state index in [-0.39, 0.29) is 12.0 Å². The quantitative estimate of drug-likeness (QED) is 0.719. The molecule has 0 saturated carbocycles. The smallest absolute Gasteiger partial charge is 0.323 e. The molecule has 1 aliphatic heterocycles. The van der Waals surface area contributed by atoms with Crippen LogP contribution < -0.4 is 0 Å². The van der Waals surface area contributed by atoms with Gasteiger partial charge in [0, 0.05) is 31.9 Å². The molecule has 1 atom stereocenters. The van der Waals surface area contributed by atoms with Gasteiger partial charge >= 0.3 is 5.97 Å². The van der Waals surface area contributed by atoms with E-state index in [2.05, 4.69) is 10.00 Å². The highest BCUT2D eigenvalue weighted by Crippen LogP contribution is 2.18. The van der Waals surface area contributed by atoms with Crippen LogP contribution in [0.3, 0.4) is 0 Å². The Balaban J connectivity index is 1.90. The van der Waals surface area contributed by atoms with E-state index in [9.17, 15) is 4.79 Å². The van der Waals surface area contributed by atoms with Gasteiger partial charge in [-0.2, -0.15) is 5.10 Å². The normalized spacial score (nSPS) is 20.7. The summed E-state index contributed by atoms with van der Waals surface area (Å²) in [6, 6.07) is 1.97. The van der Waals surface area contributed by atoms with Crippen LogP contribution >= 0.6 is 0 Å². The minimum absolute atomic E-state index is 0.0479. The minimum atomic E-state index is -0.104. The van der Waals surface area contributed by atoms with Crippen molar-refractivity contribution in [3.63, 3.8) is 0 Å². The highest BCUT2D eigenvalue weighted by atomic mass is 16.5. The molecule has 2 rings (SSSR count). The molecule has 0 N–H and O–H groups in total. The van der Waals surface area contributed by atoms with Crippen LogP contribution in [0.4, 0.5) is 0 Å². The van der Waals surface area contributed by atoms with E-state index in [4.69, 9.17) is 4.74 Å². The lowest BCUT2D eigenvalue weighted by Gasteiger charge is -2.22. The predicted molar refractivity (Wildman–Crippen MR) is 63.5 cm³/mol. The first-order valence-corrected chi connectivity index (χ1v) is 6.01. The summed E-state index contributed by atoms with van der Waals surface area (Å²) < 4.78 is 6.71. The van der Waals surface area contributed by atoms with Gasteiger partial charge in [-0.1, -0.05) is 0 Å². The van der Waals surface area contributed by atoms with Crippen molar-refractivity contribution in [2.24, 2.45) is 7.05 Å². The minimum Gasteiger partial charge on any atom is -0.468 e. The second-order valence-corrected chi connectivity index (χ2v) is 4.41. The fourth-order valence-electron chi connectivity index (χ4n) is 2.40. The Morgan fingerprint density at radius 1 is 1.65 bits per heavy atom. The number of hydrogen-bond acceptors (Lipinski definition) is 4. The van der Waals surface area contributed by atoms with Gasteiger partial charge in [-0.25, -0.2) is 0 Å². The van der Waals surface area contributed by atoms with Crippen LogP contribution in [-0.4, -0.2) is 46.9 Å². The molecule has 94 valence electrons. The lowest BCUT2D eigenvalue weighted by molar-refractivity contribution is -0.145. The Labute approximate surface area is 101 Å². The number of esters is 1. The second-order valence-electron chi connectivity index (χ2n) is 4.41. The molecule has 0 aromatic carbocycles. The number of aromatic nitrogens is 2. The predicted octanol–water partition coefficient (Wildman–Crippen LogP) is 0.600. The summed E-state index contributed by atoms with van der Waals surface area (Å²) in [7, 11) is 3.40. The summed E-state index contributed by atoms with van der Waals surface area (Å²) in [6.45, 7) is 1.87. The van der Waals surface area contributed by atoms with Gasteiger partial charge < -0.3 is 4.74 Å². The molecule has 1 aromatic heterocycles. The largest absolute Gasteiger partial charge is 0.468 e. The Morgan fingerprint density at radius 2 is 2.47 bits per heavy atom. The average molecular weight is 237 g/mol. The Kier molecular flexibility index (Phi) is 3.78. The van der Waals surface area contributed by atoms with Gasteiger partial charge in [0.25, 0.3) is 0 Å². The van der Waals surface area contributed by atoms with E-state index in [1.165, 1.54) is 12.8 Å². The van der Waals surface area contributed by atoms with Crippen molar-refractivity contribution in [3.8, 4) is 0 Å². The van der Waals surface area contributed by atoms with E-state index in [0.29, 0.717) is 0 Å². The van der Waals surface area contributed by atoms with E-state index in [1.807, 2.05) is 17.8 Å². The summed E-state index contributed by atoms with van der Waals surface area (Å²) in [6.07, 6.45) is 4.71. The maximum absolute atomic E-state index is 11.6. The lowest BCUT2D eigenvalue weighted by Crippen LogP contribution is -2.38. The van der Waals surface area contributed by atoms with Crippen LogP contribution in [0.15, 0.2) is 12.3 Å². The van der Waals surface area contributed by atoms with Crippen LogP contribution in [-0.2, 0) is 23.0 Å². The van der Waals surface area contributed by atoms with Gasteiger partial charge in [-0.3, -0.25) is 14.4 Å². The fourth-order valence-corrected chi connectivity index (χ4v) is 2.40. The van der Waals surface area contributed by atoms with Crippen molar-refractivity contribution in [1.82, 2.24) is 14.7 Å². The summed E-state index contributed by atoms with van der Waals surface area (Å²) in [4.78, 5) is 13.8. The zero-order chi connectivity index (χ0) is 12.3. The Bertz CT molecular complexity index is 389. The van der Waals surface area contributed by atoms with E-state index in [0.717, 1.165) is 32.4 Å². The highest BCUT2D eigenvalue weighted by Gasteiger charge is 2.30. The maximum atomic E-state index is 11.6. The molecular weight excluding hydrogens is 218 g/mol. The van der Waals surface area contributed by atoms with Crippen molar-refractivity contribution < 1.29 is 9.53 Å². The summed E-state index contributed by atoms with van der Waals surface area (Å²) >= 11 is 0. The number of methoxy groups -OCH3 is 1. The molecule has 2 heterocycles. The first-order chi connectivity index (χ1) is 8.22. The number of likely N-dealkylation sites (tertiary alicyclic amines) is 1. The molecule has 0 radical (unpaired) electrons. The number of hydrogen-bond donors (Lipinski definition) is 0. The summed E-state index contributed by atoms with van der Waals surface area (Å²) in [5.41, 5.74) is 1.19. The number of nitrogens with zero attached hydrogens (tertiary/aromatic N) is 3. The highest BCUT2D eigenvalue weighted by molar-refractivity contribution is 5.75. The third-order valence-corrected chi connectivity index (χ3v) is 3.41. The molecule has 1 aliphatic rings. The van der Waals surface area contributed by atoms with Crippen molar-refractivity contribution in [1.29, 1.82) is 0 Å². The summed E-state index contributed by atoms with van der Waals surface area (Å²) in [5.74, 6) is -0.104. The van der Waals surface area contributed by atoms with Crippen LogP contribution in [0.2, 0.25) is 0 Å². The average Bonchev–Trinajstić information content (AvgIpc) is 2.94. The van der Waals surface area contributed by atoms with Gasteiger partial charge in [0.15, 0.2) is 0 Å². The molecule has 0 amide bonds. The number of carbonyl (C=O) groups excluding carboxylic acids is 1. The third kappa shape index (κ3) is 2.66.